The summed E-state index contributed by atoms with van der Waals surface area (Å²) in [5.41, 5.74) is 1.13. The number of pyridine rings is 1. The zero-order chi connectivity index (χ0) is 21.9. The summed E-state index contributed by atoms with van der Waals surface area (Å²) in [7, 11) is 0. The van der Waals surface area contributed by atoms with E-state index in [0.717, 1.165) is 55.0 Å². The number of esters is 1. The number of carbonyl (C=O) groups is 1. The molecule has 31 heavy (non-hydrogen) atoms. The van der Waals surface area contributed by atoms with E-state index in [-0.39, 0.29) is 5.97 Å². The monoisotopic (exact) mass is 427 g/mol. The van der Waals surface area contributed by atoms with Crippen LogP contribution in [0.2, 0.25) is 0 Å². The summed E-state index contributed by atoms with van der Waals surface area (Å²) in [5, 5.41) is 0. The van der Waals surface area contributed by atoms with Crippen LogP contribution in [0, 0.1) is 23.7 Å². The summed E-state index contributed by atoms with van der Waals surface area (Å²) in [6.07, 6.45) is 22.1. The minimum absolute atomic E-state index is 0.140. The molecular formula is C28H45NO2. The van der Waals surface area contributed by atoms with Crippen LogP contribution in [0.3, 0.4) is 0 Å². The van der Waals surface area contributed by atoms with Gasteiger partial charge in [-0.05, 0) is 80.8 Å². The molecule has 0 unspecified atom stereocenters. The maximum atomic E-state index is 11.8. The minimum Gasteiger partial charge on any atom is -0.425 e. The van der Waals surface area contributed by atoms with Crippen LogP contribution >= 0.6 is 0 Å². The van der Waals surface area contributed by atoms with Gasteiger partial charge in [-0.1, -0.05) is 65.2 Å². The van der Waals surface area contributed by atoms with Gasteiger partial charge in [-0.2, -0.15) is 0 Å². The second-order valence-electron chi connectivity index (χ2n) is 10.3. The Hall–Kier alpha value is -1.38. The van der Waals surface area contributed by atoms with Gasteiger partial charge in [0.15, 0.2) is 0 Å². The number of hydrogen-bond acceptors (Lipinski definition) is 3. The van der Waals surface area contributed by atoms with Gasteiger partial charge in [0.2, 0.25) is 0 Å². The Kier molecular flexibility index (Phi) is 10.4. The van der Waals surface area contributed by atoms with Crippen LogP contribution < -0.4 is 4.74 Å². The first-order chi connectivity index (χ1) is 15.2. The normalized spacial score (nSPS) is 26.5. The smallest absolute Gasteiger partial charge is 0.311 e. The lowest BCUT2D eigenvalue weighted by molar-refractivity contribution is -0.134. The third kappa shape index (κ3) is 8.24. The highest BCUT2D eigenvalue weighted by atomic mass is 16.5. The molecule has 1 aromatic rings. The summed E-state index contributed by atoms with van der Waals surface area (Å²) in [6, 6.07) is 3.95. The van der Waals surface area contributed by atoms with Crippen LogP contribution in [0.4, 0.5) is 0 Å². The SMILES string of the molecule is CCCCCC(=O)Oc1ccc(CCC2CCC(C3CCC(CCC)CC3)CC2)nc1. The van der Waals surface area contributed by atoms with E-state index in [1.165, 1.54) is 70.6 Å². The standard InChI is InChI=1S/C28H45NO2/c1-3-5-6-8-28(30)31-27-20-19-26(29-21-27)18-13-23-11-16-25(17-12-23)24-14-9-22(7-4-2)10-15-24/h19-25H,3-18H2,1-2H3. The summed E-state index contributed by atoms with van der Waals surface area (Å²) >= 11 is 0. The number of carbonyl (C=O) groups excluding carboxylic acids is 1. The number of rotatable bonds is 11. The van der Waals surface area contributed by atoms with Crippen LogP contribution in [0.5, 0.6) is 5.75 Å². The number of aromatic nitrogens is 1. The first-order valence-electron chi connectivity index (χ1n) is 13.3. The lowest BCUT2D eigenvalue weighted by Gasteiger charge is -2.38. The molecule has 0 N–H and O–H groups in total. The van der Waals surface area contributed by atoms with E-state index in [1.54, 1.807) is 6.20 Å². The van der Waals surface area contributed by atoms with E-state index in [2.05, 4.69) is 18.8 Å². The Morgan fingerprint density at radius 1 is 0.871 bits per heavy atom. The van der Waals surface area contributed by atoms with Gasteiger partial charge in [0.05, 0.1) is 6.20 Å². The summed E-state index contributed by atoms with van der Waals surface area (Å²) < 4.78 is 5.40. The van der Waals surface area contributed by atoms with Crippen molar-refractivity contribution in [3.63, 3.8) is 0 Å². The van der Waals surface area contributed by atoms with Crippen molar-refractivity contribution < 1.29 is 9.53 Å². The molecule has 1 heterocycles. The molecule has 2 aliphatic rings. The number of ether oxygens (including phenoxy) is 1. The molecule has 0 aromatic carbocycles. The molecular weight excluding hydrogens is 382 g/mol. The third-order valence-electron chi connectivity index (χ3n) is 7.97. The third-order valence-corrected chi connectivity index (χ3v) is 7.97. The lowest BCUT2D eigenvalue weighted by Crippen LogP contribution is -2.26. The van der Waals surface area contributed by atoms with Crippen LogP contribution in [-0.4, -0.2) is 11.0 Å². The topological polar surface area (TPSA) is 39.2 Å². The highest BCUT2D eigenvalue weighted by molar-refractivity contribution is 5.72. The first-order valence-corrected chi connectivity index (χ1v) is 13.3. The van der Waals surface area contributed by atoms with E-state index in [4.69, 9.17) is 4.74 Å². The second kappa shape index (κ2) is 13.2. The highest BCUT2D eigenvalue weighted by Gasteiger charge is 2.30. The Bertz CT molecular complexity index is 625. The van der Waals surface area contributed by atoms with Crippen molar-refractivity contribution in [2.24, 2.45) is 23.7 Å². The molecule has 2 saturated carbocycles. The number of nitrogens with zero attached hydrogens (tertiary/aromatic N) is 1. The van der Waals surface area contributed by atoms with E-state index in [0.29, 0.717) is 12.2 Å². The van der Waals surface area contributed by atoms with E-state index in [1.807, 2.05) is 12.1 Å². The maximum Gasteiger partial charge on any atom is 0.311 e. The summed E-state index contributed by atoms with van der Waals surface area (Å²) in [4.78, 5) is 16.4. The predicted molar refractivity (Wildman–Crippen MR) is 128 cm³/mol. The molecule has 174 valence electrons. The fourth-order valence-corrected chi connectivity index (χ4v) is 5.98. The van der Waals surface area contributed by atoms with Crippen LogP contribution in [0.25, 0.3) is 0 Å². The molecule has 0 bridgehead atoms. The fourth-order valence-electron chi connectivity index (χ4n) is 5.98. The van der Waals surface area contributed by atoms with E-state index >= 15 is 0 Å². The van der Waals surface area contributed by atoms with Crippen molar-refractivity contribution >= 4 is 5.97 Å². The molecule has 2 fully saturated rings. The van der Waals surface area contributed by atoms with Crippen molar-refractivity contribution in [3.8, 4) is 5.75 Å². The van der Waals surface area contributed by atoms with E-state index in [9.17, 15) is 4.79 Å². The Balaban J connectivity index is 1.32. The van der Waals surface area contributed by atoms with Gasteiger partial charge >= 0.3 is 5.97 Å². The van der Waals surface area contributed by atoms with Gasteiger partial charge in [0.25, 0.3) is 0 Å². The zero-order valence-corrected chi connectivity index (χ0v) is 20.1. The molecule has 2 aliphatic carbocycles. The molecule has 1 aromatic heterocycles. The molecule has 0 saturated heterocycles. The largest absolute Gasteiger partial charge is 0.425 e. The molecule has 3 heteroatoms. The molecule has 0 radical (unpaired) electrons. The first kappa shape index (κ1) is 24.3. The molecule has 3 rings (SSSR count). The summed E-state index contributed by atoms with van der Waals surface area (Å²) in [6.45, 7) is 4.47. The quantitative estimate of drug-likeness (QED) is 0.266. The van der Waals surface area contributed by atoms with E-state index < -0.39 is 0 Å². The average Bonchev–Trinajstić information content (AvgIpc) is 2.80. The van der Waals surface area contributed by atoms with Gasteiger partial charge in [-0.3, -0.25) is 9.78 Å². The molecule has 0 spiro atoms. The predicted octanol–water partition coefficient (Wildman–Crippen LogP) is 7.91. The lowest BCUT2D eigenvalue weighted by atomic mass is 9.68. The number of aryl methyl sites for hydroxylation is 1. The number of hydrogen-bond donors (Lipinski definition) is 0. The van der Waals surface area contributed by atoms with Crippen LogP contribution in [0.1, 0.15) is 116 Å². The Morgan fingerprint density at radius 2 is 1.52 bits per heavy atom. The molecule has 3 nitrogen and oxygen atoms in total. The van der Waals surface area contributed by atoms with Gasteiger partial charge in [0, 0.05) is 12.1 Å². The molecule has 0 atom stereocenters. The van der Waals surface area contributed by atoms with Gasteiger partial charge < -0.3 is 4.74 Å². The average molecular weight is 428 g/mol. The van der Waals surface area contributed by atoms with Crippen molar-refractivity contribution in [3.05, 3.63) is 24.0 Å². The Morgan fingerprint density at radius 3 is 2.06 bits per heavy atom. The maximum absolute atomic E-state index is 11.8. The molecule has 0 aliphatic heterocycles. The van der Waals surface area contributed by atoms with Gasteiger partial charge in [-0.15, -0.1) is 0 Å². The van der Waals surface area contributed by atoms with Crippen molar-refractivity contribution in [2.75, 3.05) is 0 Å². The zero-order valence-electron chi connectivity index (χ0n) is 20.1. The van der Waals surface area contributed by atoms with Gasteiger partial charge in [0.1, 0.15) is 5.75 Å². The van der Waals surface area contributed by atoms with Crippen molar-refractivity contribution in [1.82, 2.24) is 4.98 Å². The van der Waals surface area contributed by atoms with Crippen molar-refractivity contribution in [1.29, 1.82) is 0 Å². The van der Waals surface area contributed by atoms with Gasteiger partial charge in [-0.25, -0.2) is 0 Å². The van der Waals surface area contributed by atoms with Crippen LogP contribution in [-0.2, 0) is 11.2 Å². The second-order valence-corrected chi connectivity index (χ2v) is 10.3. The minimum atomic E-state index is -0.140. The summed E-state index contributed by atoms with van der Waals surface area (Å²) in [5.74, 6) is 4.36. The Labute approximate surface area is 190 Å². The van der Waals surface area contributed by atoms with Crippen LogP contribution in [0.15, 0.2) is 18.3 Å². The highest BCUT2D eigenvalue weighted by Crippen LogP contribution is 2.42. The number of unbranched alkanes of at least 4 members (excludes halogenated alkanes) is 2. The van der Waals surface area contributed by atoms with Crippen molar-refractivity contribution in [2.45, 2.75) is 117 Å². The fraction of sp³-hybridized carbons (Fsp3) is 0.786. The molecule has 0 amide bonds.